The summed E-state index contributed by atoms with van der Waals surface area (Å²) in [7, 11) is 0. The maximum absolute atomic E-state index is 11.8. The average molecular weight is 317 g/mol. The molecule has 3 nitrogen and oxygen atoms in total. The zero-order chi connectivity index (χ0) is 14.8. The Morgan fingerprint density at radius 2 is 2.20 bits per heavy atom. The second kappa shape index (κ2) is 10.2. The SMILES string of the molecule is CCCC(CCN)CCC(=O)NCCc1ccc(Cl)s1. The van der Waals surface area contributed by atoms with Crippen molar-refractivity contribution in [2.75, 3.05) is 13.1 Å². The molecule has 0 radical (unpaired) electrons. The van der Waals surface area contributed by atoms with Gasteiger partial charge < -0.3 is 11.1 Å². The van der Waals surface area contributed by atoms with Crippen LogP contribution < -0.4 is 11.1 Å². The maximum atomic E-state index is 11.8. The van der Waals surface area contributed by atoms with Gasteiger partial charge in [-0.1, -0.05) is 31.4 Å². The van der Waals surface area contributed by atoms with Gasteiger partial charge in [0.2, 0.25) is 5.91 Å². The molecule has 0 fully saturated rings. The van der Waals surface area contributed by atoms with E-state index in [1.165, 1.54) is 4.88 Å². The molecule has 1 atom stereocenters. The topological polar surface area (TPSA) is 55.1 Å². The Morgan fingerprint density at radius 3 is 2.80 bits per heavy atom. The molecule has 1 aromatic heterocycles. The standard InChI is InChI=1S/C15H25ClN2OS/c1-2-3-12(8-10-17)4-7-15(19)18-11-9-13-5-6-14(16)20-13/h5-6,12H,2-4,7-11,17H2,1H3,(H,18,19). The summed E-state index contributed by atoms with van der Waals surface area (Å²) >= 11 is 7.44. The van der Waals surface area contributed by atoms with E-state index in [2.05, 4.69) is 12.2 Å². The van der Waals surface area contributed by atoms with E-state index in [1.807, 2.05) is 12.1 Å². The number of hydrogen-bond acceptors (Lipinski definition) is 3. The molecule has 0 aliphatic rings. The Bertz CT molecular complexity index is 389. The van der Waals surface area contributed by atoms with E-state index < -0.39 is 0 Å². The first-order valence-corrected chi connectivity index (χ1v) is 8.56. The summed E-state index contributed by atoms with van der Waals surface area (Å²) < 4.78 is 0.801. The van der Waals surface area contributed by atoms with Crippen molar-refractivity contribution in [2.45, 2.75) is 45.4 Å². The normalized spacial score (nSPS) is 12.3. The third-order valence-corrected chi connectivity index (χ3v) is 4.66. The summed E-state index contributed by atoms with van der Waals surface area (Å²) in [4.78, 5) is 13.0. The maximum Gasteiger partial charge on any atom is 0.220 e. The van der Waals surface area contributed by atoms with Crippen LogP contribution in [0, 0.1) is 5.92 Å². The van der Waals surface area contributed by atoms with E-state index in [0.717, 1.165) is 36.4 Å². The molecule has 20 heavy (non-hydrogen) atoms. The molecule has 114 valence electrons. The van der Waals surface area contributed by atoms with Gasteiger partial charge in [-0.25, -0.2) is 0 Å². The molecule has 0 saturated carbocycles. The minimum Gasteiger partial charge on any atom is -0.356 e. The van der Waals surface area contributed by atoms with Gasteiger partial charge in [-0.3, -0.25) is 4.79 Å². The van der Waals surface area contributed by atoms with E-state index in [-0.39, 0.29) is 5.91 Å². The minimum absolute atomic E-state index is 0.144. The Hall–Kier alpha value is -0.580. The zero-order valence-electron chi connectivity index (χ0n) is 12.2. The third-order valence-electron chi connectivity index (χ3n) is 3.37. The molecule has 1 heterocycles. The van der Waals surface area contributed by atoms with E-state index >= 15 is 0 Å². The lowest BCUT2D eigenvalue weighted by Gasteiger charge is -2.14. The molecular weight excluding hydrogens is 292 g/mol. The number of nitrogens with one attached hydrogen (secondary N) is 1. The first-order chi connectivity index (χ1) is 9.65. The van der Waals surface area contributed by atoms with Gasteiger partial charge in [0.25, 0.3) is 0 Å². The summed E-state index contributed by atoms with van der Waals surface area (Å²) in [6, 6.07) is 3.91. The first-order valence-electron chi connectivity index (χ1n) is 7.36. The lowest BCUT2D eigenvalue weighted by Crippen LogP contribution is -2.26. The number of nitrogens with two attached hydrogens (primary N) is 1. The molecule has 1 amide bonds. The summed E-state index contributed by atoms with van der Waals surface area (Å²) in [5.74, 6) is 0.734. The molecule has 3 N–H and O–H groups in total. The van der Waals surface area contributed by atoms with Crippen molar-refractivity contribution in [3.8, 4) is 0 Å². The van der Waals surface area contributed by atoms with Crippen LogP contribution in [0.3, 0.4) is 0 Å². The second-order valence-electron chi connectivity index (χ2n) is 5.08. The number of carbonyl (C=O) groups excluding carboxylic acids is 1. The van der Waals surface area contributed by atoms with Gasteiger partial charge in [0.1, 0.15) is 0 Å². The predicted molar refractivity (Wildman–Crippen MR) is 87.3 cm³/mol. The molecule has 0 saturated heterocycles. The van der Waals surface area contributed by atoms with Crippen LogP contribution in [0.2, 0.25) is 4.34 Å². The highest BCUT2D eigenvalue weighted by molar-refractivity contribution is 7.16. The monoisotopic (exact) mass is 316 g/mol. The Morgan fingerprint density at radius 1 is 1.40 bits per heavy atom. The third kappa shape index (κ3) is 7.27. The Balaban J connectivity index is 2.16. The highest BCUT2D eigenvalue weighted by Gasteiger charge is 2.10. The Kier molecular flexibility index (Phi) is 8.90. The molecule has 1 rings (SSSR count). The van der Waals surface area contributed by atoms with Crippen molar-refractivity contribution < 1.29 is 4.79 Å². The van der Waals surface area contributed by atoms with Crippen LogP contribution in [-0.2, 0) is 11.2 Å². The number of amides is 1. The number of carbonyl (C=O) groups is 1. The van der Waals surface area contributed by atoms with Gasteiger partial charge >= 0.3 is 0 Å². The fourth-order valence-electron chi connectivity index (χ4n) is 2.31. The van der Waals surface area contributed by atoms with Crippen molar-refractivity contribution in [3.05, 3.63) is 21.3 Å². The molecule has 5 heteroatoms. The second-order valence-corrected chi connectivity index (χ2v) is 6.88. The summed E-state index contributed by atoms with van der Waals surface area (Å²) in [5.41, 5.74) is 5.60. The quantitative estimate of drug-likeness (QED) is 0.693. The summed E-state index contributed by atoms with van der Waals surface area (Å²) in [5, 5.41) is 2.97. The number of hydrogen-bond donors (Lipinski definition) is 2. The van der Waals surface area contributed by atoms with Crippen molar-refractivity contribution in [3.63, 3.8) is 0 Å². The van der Waals surface area contributed by atoms with Crippen LogP contribution in [-0.4, -0.2) is 19.0 Å². The van der Waals surface area contributed by atoms with Crippen LogP contribution >= 0.6 is 22.9 Å². The van der Waals surface area contributed by atoms with E-state index in [4.69, 9.17) is 17.3 Å². The van der Waals surface area contributed by atoms with Gasteiger partial charge in [-0.2, -0.15) is 0 Å². The van der Waals surface area contributed by atoms with Crippen LogP contribution in [0.5, 0.6) is 0 Å². The van der Waals surface area contributed by atoms with Gasteiger partial charge in [0, 0.05) is 17.8 Å². The van der Waals surface area contributed by atoms with Crippen LogP contribution in [0.15, 0.2) is 12.1 Å². The minimum atomic E-state index is 0.144. The summed E-state index contributed by atoms with van der Waals surface area (Å²) in [6.07, 6.45) is 5.75. The van der Waals surface area contributed by atoms with Crippen LogP contribution in [0.25, 0.3) is 0 Å². The highest BCUT2D eigenvalue weighted by atomic mass is 35.5. The van der Waals surface area contributed by atoms with Crippen LogP contribution in [0.1, 0.15) is 43.9 Å². The number of halogens is 1. The van der Waals surface area contributed by atoms with Crippen molar-refractivity contribution in [1.29, 1.82) is 0 Å². The van der Waals surface area contributed by atoms with Crippen molar-refractivity contribution in [2.24, 2.45) is 11.7 Å². The zero-order valence-corrected chi connectivity index (χ0v) is 13.7. The van der Waals surface area contributed by atoms with E-state index in [0.29, 0.717) is 25.4 Å². The number of rotatable bonds is 10. The van der Waals surface area contributed by atoms with Crippen molar-refractivity contribution >= 4 is 28.8 Å². The molecule has 1 unspecified atom stereocenters. The van der Waals surface area contributed by atoms with Gasteiger partial charge in [-0.05, 0) is 43.9 Å². The predicted octanol–water partition coefficient (Wildman–Crippen LogP) is 3.61. The number of thiophene rings is 1. The Labute approximate surface area is 130 Å². The molecule has 1 aromatic rings. The van der Waals surface area contributed by atoms with E-state index in [9.17, 15) is 4.79 Å². The fourth-order valence-corrected chi connectivity index (χ4v) is 3.40. The average Bonchev–Trinajstić information content (AvgIpc) is 2.82. The van der Waals surface area contributed by atoms with Crippen LogP contribution in [0.4, 0.5) is 0 Å². The largest absolute Gasteiger partial charge is 0.356 e. The molecule has 0 bridgehead atoms. The fraction of sp³-hybridized carbons (Fsp3) is 0.667. The lowest BCUT2D eigenvalue weighted by atomic mass is 9.94. The highest BCUT2D eigenvalue weighted by Crippen LogP contribution is 2.21. The van der Waals surface area contributed by atoms with Gasteiger partial charge in [0.15, 0.2) is 0 Å². The van der Waals surface area contributed by atoms with Gasteiger partial charge in [0.05, 0.1) is 4.34 Å². The smallest absolute Gasteiger partial charge is 0.220 e. The van der Waals surface area contributed by atoms with Gasteiger partial charge in [-0.15, -0.1) is 11.3 Å². The molecule has 0 aliphatic carbocycles. The molecule has 0 spiro atoms. The molecule has 0 aromatic carbocycles. The molecular formula is C15H25ClN2OS. The van der Waals surface area contributed by atoms with E-state index in [1.54, 1.807) is 11.3 Å². The summed E-state index contributed by atoms with van der Waals surface area (Å²) in [6.45, 7) is 3.58. The molecule has 0 aliphatic heterocycles. The first kappa shape index (κ1) is 17.5. The lowest BCUT2D eigenvalue weighted by molar-refractivity contribution is -0.121. The van der Waals surface area contributed by atoms with Crippen molar-refractivity contribution in [1.82, 2.24) is 5.32 Å².